The van der Waals surface area contributed by atoms with E-state index in [1.54, 1.807) is 36.7 Å². The van der Waals surface area contributed by atoms with Crippen LogP contribution < -0.4 is 15.4 Å². The van der Waals surface area contributed by atoms with Crippen LogP contribution in [0.4, 0.5) is 5.69 Å². The number of benzene rings is 2. The molecule has 1 saturated heterocycles. The predicted molar refractivity (Wildman–Crippen MR) is 156 cm³/mol. The minimum atomic E-state index is -3.46. The Balaban J connectivity index is 1.32. The average molecular weight is 562 g/mol. The fourth-order valence-corrected chi connectivity index (χ4v) is 6.64. The van der Waals surface area contributed by atoms with Gasteiger partial charge in [-0.15, -0.1) is 0 Å². The minimum Gasteiger partial charge on any atom is -0.456 e. The van der Waals surface area contributed by atoms with Gasteiger partial charge in [0.05, 0.1) is 39.5 Å². The maximum Gasteiger partial charge on any atom is 0.228 e. The molecule has 0 unspecified atom stereocenters. The van der Waals surface area contributed by atoms with E-state index < -0.39 is 15.1 Å². The summed E-state index contributed by atoms with van der Waals surface area (Å²) in [5.41, 5.74) is 2.85. The van der Waals surface area contributed by atoms with Gasteiger partial charge in [0.1, 0.15) is 11.5 Å². The number of piperidine rings is 1. The van der Waals surface area contributed by atoms with Crippen molar-refractivity contribution in [3.8, 4) is 11.5 Å². The number of carbonyl (C=O) groups excluding carboxylic acids is 1. The Morgan fingerprint density at radius 1 is 1.10 bits per heavy atom. The molecule has 0 atom stereocenters. The highest BCUT2D eigenvalue weighted by molar-refractivity contribution is 7.92. The molecule has 210 valence electrons. The fraction of sp³-hybridized carbons (Fsp3) is 0.367. The third-order valence-corrected chi connectivity index (χ3v) is 9.36. The molecule has 0 aliphatic carbocycles. The second-order valence-electron chi connectivity index (χ2n) is 11.3. The summed E-state index contributed by atoms with van der Waals surface area (Å²) in [5.74, 6) is 1.01. The van der Waals surface area contributed by atoms with Crippen molar-refractivity contribution in [1.82, 2.24) is 20.1 Å². The van der Waals surface area contributed by atoms with E-state index in [-0.39, 0.29) is 22.8 Å². The van der Waals surface area contributed by atoms with Gasteiger partial charge in [0.25, 0.3) is 0 Å². The van der Waals surface area contributed by atoms with Crippen molar-refractivity contribution in [2.24, 2.45) is 0 Å². The van der Waals surface area contributed by atoms with Crippen molar-refractivity contribution in [3.05, 3.63) is 72.2 Å². The molecule has 2 N–H and O–H groups in total. The molecule has 2 aromatic carbocycles. The standard InChI is InChI=1S/C30H35N5O4S/c1-20-15-21(16-29(36)34-22-18-33-35(19-22)30(2,3)4)5-8-27(20)39-28-11-14-32-26-7-6-24(17-25(26)28)40(37,38)23-9-12-31-13-10-23/h5-8,11,14-15,17-19,23,31H,9-10,12-13,16H2,1-4H3,(H,34,36). The van der Waals surface area contributed by atoms with Crippen LogP contribution in [0.1, 0.15) is 44.7 Å². The zero-order chi connectivity index (χ0) is 28.5. The lowest BCUT2D eigenvalue weighted by atomic mass is 10.1. The third kappa shape index (κ3) is 6.03. The molecule has 1 amide bonds. The van der Waals surface area contributed by atoms with Gasteiger partial charge in [-0.3, -0.25) is 14.5 Å². The molecule has 0 spiro atoms. The van der Waals surface area contributed by atoms with Crippen LogP contribution in [0.3, 0.4) is 0 Å². The van der Waals surface area contributed by atoms with Gasteiger partial charge in [-0.25, -0.2) is 8.42 Å². The van der Waals surface area contributed by atoms with Crippen LogP contribution in [0, 0.1) is 6.92 Å². The maximum absolute atomic E-state index is 13.3. The summed E-state index contributed by atoms with van der Waals surface area (Å²) in [4.78, 5) is 17.4. The second-order valence-corrected chi connectivity index (χ2v) is 13.5. The number of rotatable bonds is 7. The van der Waals surface area contributed by atoms with E-state index in [0.717, 1.165) is 11.1 Å². The number of pyridine rings is 1. The van der Waals surface area contributed by atoms with Crippen LogP contribution in [0.5, 0.6) is 11.5 Å². The number of amides is 1. The number of ether oxygens (including phenoxy) is 1. The van der Waals surface area contributed by atoms with Gasteiger partial charge in [0.15, 0.2) is 9.84 Å². The van der Waals surface area contributed by atoms with E-state index in [1.165, 1.54) is 0 Å². The highest BCUT2D eigenvalue weighted by atomic mass is 32.2. The predicted octanol–water partition coefficient (Wildman–Crippen LogP) is 4.99. The molecule has 1 fully saturated rings. The molecule has 5 rings (SSSR count). The Morgan fingerprint density at radius 2 is 1.88 bits per heavy atom. The first-order chi connectivity index (χ1) is 19.0. The summed E-state index contributed by atoms with van der Waals surface area (Å²) in [5, 5.41) is 10.7. The largest absolute Gasteiger partial charge is 0.456 e. The van der Waals surface area contributed by atoms with Gasteiger partial charge in [-0.1, -0.05) is 12.1 Å². The van der Waals surface area contributed by atoms with Crippen molar-refractivity contribution >= 4 is 32.3 Å². The van der Waals surface area contributed by atoms with Gasteiger partial charge in [-0.05, 0) is 95.1 Å². The van der Waals surface area contributed by atoms with Gasteiger partial charge in [-0.2, -0.15) is 5.10 Å². The number of aromatic nitrogens is 3. The van der Waals surface area contributed by atoms with E-state index in [2.05, 4.69) is 20.7 Å². The third-order valence-electron chi connectivity index (χ3n) is 7.10. The quantitative estimate of drug-likeness (QED) is 0.327. The molecule has 2 aromatic heterocycles. The molecule has 3 heterocycles. The number of fused-ring (bicyclic) bond motifs is 1. The number of hydrogen-bond acceptors (Lipinski definition) is 7. The molecular weight excluding hydrogens is 526 g/mol. The van der Waals surface area contributed by atoms with Crippen molar-refractivity contribution < 1.29 is 17.9 Å². The fourth-order valence-electron chi connectivity index (χ4n) is 4.86. The minimum absolute atomic E-state index is 0.135. The Kier molecular flexibility index (Phi) is 7.65. The first-order valence-corrected chi connectivity index (χ1v) is 15.0. The average Bonchev–Trinajstić information content (AvgIpc) is 3.39. The van der Waals surface area contributed by atoms with Crippen LogP contribution >= 0.6 is 0 Å². The number of nitrogens with zero attached hydrogens (tertiary/aromatic N) is 3. The van der Waals surface area contributed by atoms with E-state index in [0.29, 0.717) is 54.0 Å². The monoisotopic (exact) mass is 561 g/mol. The van der Waals surface area contributed by atoms with Crippen molar-refractivity contribution in [2.45, 2.75) is 62.6 Å². The molecule has 40 heavy (non-hydrogen) atoms. The van der Waals surface area contributed by atoms with Gasteiger partial charge >= 0.3 is 0 Å². The normalized spacial score (nSPS) is 14.8. The first kappa shape index (κ1) is 27.8. The van der Waals surface area contributed by atoms with Crippen LogP contribution in [-0.4, -0.2) is 47.4 Å². The second kappa shape index (κ2) is 11.0. The highest BCUT2D eigenvalue weighted by Crippen LogP contribution is 2.34. The van der Waals surface area contributed by atoms with E-state index in [9.17, 15) is 13.2 Å². The molecule has 0 radical (unpaired) electrons. The SMILES string of the molecule is Cc1cc(CC(=O)Nc2cnn(C(C)(C)C)c2)ccc1Oc1ccnc2ccc(S(=O)(=O)C3CCNCC3)cc12. The molecule has 0 bridgehead atoms. The zero-order valence-electron chi connectivity index (χ0n) is 23.3. The van der Waals surface area contributed by atoms with Crippen LogP contribution in [0.25, 0.3) is 10.9 Å². The van der Waals surface area contributed by atoms with Crippen LogP contribution in [0.2, 0.25) is 0 Å². The van der Waals surface area contributed by atoms with Gasteiger partial charge < -0.3 is 15.4 Å². The number of aryl methyl sites for hydroxylation is 1. The molecule has 0 saturated carbocycles. The van der Waals surface area contributed by atoms with Gasteiger partial charge in [0, 0.05) is 17.8 Å². The lowest BCUT2D eigenvalue weighted by Gasteiger charge is -2.23. The van der Waals surface area contributed by atoms with E-state index >= 15 is 0 Å². The summed E-state index contributed by atoms with van der Waals surface area (Å²) in [6.07, 6.45) is 6.52. The smallest absolute Gasteiger partial charge is 0.228 e. The van der Waals surface area contributed by atoms with Crippen molar-refractivity contribution in [3.63, 3.8) is 0 Å². The Bertz CT molecular complexity index is 1650. The molecule has 1 aliphatic heterocycles. The number of anilines is 1. The summed E-state index contributed by atoms with van der Waals surface area (Å²) in [6, 6.07) is 12.4. The summed E-state index contributed by atoms with van der Waals surface area (Å²) in [7, 11) is -3.46. The van der Waals surface area contributed by atoms with Gasteiger partial charge in [0.2, 0.25) is 5.91 Å². The lowest BCUT2D eigenvalue weighted by Crippen LogP contribution is -2.35. The number of sulfone groups is 1. The first-order valence-electron chi connectivity index (χ1n) is 13.5. The lowest BCUT2D eigenvalue weighted by molar-refractivity contribution is -0.115. The molecule has 10 heteroatoms. The van der Waals surface area contributed by atoms with Crippen molar-refractivity contribution in [2.75, 3.05) is 18.4 Å². The number of carbonyl (C=O) groups is 1. The molecule has 4 aromatic rings. The summed E-state index contributed by atoms with van der Waals surface area (Å²) >= 11 is 0. The summed E-state index contributed by atoms with van der Waals surface area (Å²) in [6.45, 7) is 9.45. The summed E-state index contributed by atoms with van der Waals surface area (Å²) < 4.78 is 34.7. The van der Waals surface area contributed by atoms with Crippen LogP contribution in [0.15, 0.2) is 66.0 Å². The molecule has 9 nitrogen and oxygen atoms in total. The Hall–Kier alpha value is -3.76. The van der Waals surface area contributed by atoms with Crippen molar-refractivity contribution in [1.29, 1.82) is 0 Å². The molecule has 1 aliphatic rings. The number of hydrogen-bond donors (Lipinski definition) is 2. The highest BCUT2D eigenvalue weighted by Gasteiger charge is 2.29. The molecular formula is C30H35N5O4S. The Morgan fingerprint density at radius 3 is 2.58 bits per heavy atom. The number of nitrogens with one attached hydrogen (secondary N) is 2. The van der Waals surface area contributed by atoms with E-state index in [4.69, 9.17) is 4.74 Å². The maximum atomic E-state index is 13.3. The topological polar surface area (TPSA) is 115 Å². The van der Waals surface area contributed by atoms with E-state index in [1.807, 2.05) is 56.8 Å². The Labute approximate surface area is 234 Å². The zero-order valence-corrected chi connectivity index (χ0v) is 24.1. The van der Waals surface area contributed by atoms with Crippen LogP contribution in [-0.2, 0) is 26.6 Å².